The van der Waals surface area contributed by atoms with Gasteiger partial charge in [0.1, 0.15) is 0 Å². The Labute approximate surface area is 122 Å². The first kappa shape index (κ1) is 14.8. The summed E-state index contributed by atoms with van der Waals surface area (Å²) < 4.78 is 0. The van der Waals surface area contributed by atoms with E-state index in [0.717, 1.165) is 19.3 Å². The van der Waals surface area contributed by atoms with Gasteiger partial charge in [-0.15, -0.1) is 0 Å². The molecule has 3 N–H and O–H groups in total. The lowest BCUT2D eigenvalue weighted by atomic mass is 9.57. The molecule has 0 aromatic carbocycles. The maximum atomic E-state index is 11.2. The van der Waals surface area contributed by atoms with Crippen LogP contribution in [0.4, 0.5) is 0 Å². The molecule has 6 atom stereocenters. The van der Waals surface area contributed by atoms with Gasteiger partial charge in [-0.1, -0.05) is 34.6 Å². The van der Waals surface area contributed by atoms with Crippen molar-refractivity contribution in [3.63, 3.8) is 0 Å². The van der Waals surface area contributed by atoms with Crippen molar-refractivity contribution in [2.75, 3.05) is 0 Å². The molecular formula is C17H30O3. The minimum Gasteiger partial charge on any atom is -0.392 e. The van der Waals surface area contributed by atoms with Crippen molar-refractivity contribution in [2.45, 2.75) is 84.0 Å². The Hall–Kier alpha value is -0.120. The topological polar surface area (TPSA) is 60.7 Å². The molecule has 3 fully saturated rings. The molecule has 0 radical (unpaired) electrons. The third kappa shape index (κ3) is 1.37. The van der Waals surface area contributed by atoms with Crippen molar-refractivity contribution in [3.8, 4) is 0 Å². The van der Waals surface area contributed by atoms with E-state index < -0.39 is 22.7 Å². The molecule has 116 valence electrons. The molecule has 0 aliphatic heterocycles. The van der Waals surface area contributed by atoms with Gasteiger partial charge in [-0.25, -0.2) is 0 Å². The van der Waals surface area contributed by atoms with Crippen LogP contribution in [0.2, 0.25) is 0 Å². The molecule has 4 unspecified atom stereocenters. The number of aliphatic hydroxyl groups is 3. The predicted octanol–water partition coefficient (Wildman–Crippen LogP) is 2.48. The maximum Gasteiger partial charge on any atom is 0.0763 e. The van der Waals surface area contributed by atoms with Crippen LogP contribution >= 0.6 is 0 Å². The zero-order valence-corrected chi connectivity index (χ0v) is 13.5. The van der Waals surface area contributed by atoms with Gasteiger partial charge in [0, 0.05) is 23.7 Å². The van der Waals surface area contributed by atoms with E-state index in [4.69, 9.17) is 0 Å². The van der Waals surface area contributed by atoms with Crippen molar-refractivity contribution >= 4 is 0 Å². The molecule has 0 amide bonds. The fourth-order valence-corrected chi connectivity index (χ4v) is 6.42. The standard InChI is InChI=1S/C17H30O3/c1-6-14(4)12(18)8-17(20)10-16(19)9-13(2,3)7-11(16)15(14,17)5/h11-12,18-20H,6-10H2,1-5H3/t11?,12?,14-,15?,16-,17?/m0/s1. The van der Waals surface area contributed by atoms with E-state index in [0.29, 0.717) is 12.8 Å². The molecule has 0 aromatic rings. The maximum absolute atomic E-state index is 11.2. The predicted molar refractivity (Wildman–Crippen MR) is 78.2 cm³/mol. The average Bonchev–Trinajstić information content (AvgIpc) is 2.68. The Kier molecular flexibility index (Phi) is 2.67. The van der Waals surface area contributed by atoms with E-state index in [1.54, 1.807) is 0 Å². The summed E-state index contributed by atoms with van der Waals surface area (Å²) in [6.45, 7) is 10.7. The van der Waals surface area contributed by atoms with Crippen molar-refractivity contribution in [2.24, 2.45) is 22.2 Å². The Bertz CT molecular complexity index is 448. The fourth-order valence-electron chi connectivity index (χ4n) is 6.42. The molecule has 0 bridgehead atoms. The van der Waals surface area contributed by atoms with E-state index in [-0.39, 0.29) is 16.7 Å². The Morgan fingerprint density at radius 2 is 1.60 bits per heavy atom. The molecule has 3 rings (SSSR count). The van der Waals surface area contributed by atoms with Gasteiger partial charge in [0.2, 0.25) is 0 Å². The van der Waals surface area contributed by atoms with Gasteiger partial charge in [0.05, 0.1) is 17.3 Å². The summed E-state index contributed by atoms with van der Waals surface area (Å²) in [6.07, 6.45) is 2.89. The van der Waals surface area contributed by atoms with E-state index >= 15 is 0 Å². The molecule has 3 heteroatoms. The molecule has 20 heavy (non-hydrogen) atoms. The summed E-state index contributed by atoms with van der Waals surface area (Å²) in [6, 6.07) is 0. The smallest absolute Gasteiger partial charge is 0.0763 e. The van der Waals surface area contributed by atoms with Crippen LogP contribution in [0, 0.1) is 22.2 Å². The van der Waals surface area contributed by atoms with Crippen molar-refractivity contribution in [1.29, 1.82) is 0 Å². The van der Waals surface area contributed by atoms with Crippen LogP contribution in [0.3, 0.4) is 0 Å². The minimum absolute atomic E-state index is 0.0806. The highest BCUT2D eigenvalue weighted by atomic mass is 16.3. The molecule has 3 aliphatic carbocycles. The third-order valence-corrected chi connectivity index (χ3v) is 7.64. The molecule has 0 heterocycles. The highest BCUT2D eigenvalue weighted by molar-refractivity contribution is 5.28. The van der Waals surface area contributed by atoms with E-state index in [2.05, 4.69) is 34.6 Å². The summed E-state index contributed by atoms with van der Waals surface area (Å²) in [5.41, 5.74) is -2.30. The van der Waals surface area contributed by atoms with Gasteiger partial charge in [-0.3, -0.25) is 0 Å². The molecule has 3 nitrogen and oxygen atoms in total. The molecular weight excluding hydrogens is 252 g/mol. The number of fused-ring (bicyclic) bond motifs is 3. The van der Waals surface area contributed by atoms with Gasteiger partial charge in [-0.2, -0.15) is 0 Å². The van der Waals surface area contributed by atoms with Gasteiger partial charge >= 0.3 is 0 Å². The summed E-state index contributed by atoms with van der Waals surface area (Å²) >= 11 is 0. The highest BCUT2D eigenvalue weighted by Gasteiger charge is 2.79. The van der Waals surface area contributed by atoms with Crippen molar-refractivity contribution in [3.05, 3.63) is 0 Å². The molecule has 0 spiro atoms. The normalized spacial score (nSPS) is 60.6. The van der Waals surface area contributed by atoms with Gasteiger partial charge in [0.25, 0.3) is 0 Å². The van der Waals surface area contributed by atoms with Gasteiger partial charge < -0.3 is 15.3 Å². The lowest BCUT2D eigenvalue weighted by Crippen LogP contribution is -2.50. The number of aliphatic hydroxyl groups excluding tert-OH is 1. The molecule has 0 aromatic heterocycles. The highest BCUT2D eigenvalue weighted by Crippen LogP contribution is 2.76. The van der Waals surface area contributed by atoms with Gasteiger partial charge in [-0.05, 0) is 30.6 Å². The van der Waals surface area contributed by atoms with Crippen LogP contribution in [-0.2, 0) is 0 Å². The average molecular weight is 282 g/mol. The van der Waals surface area contributed by atoms with Gasteiger partial charge in [0.15, 0.2) is 0 Å². The van der Waals surface area contributed by atoms with E-state index in [1.807, 2.05) is 0 Å². The third-order valence-electron chi connectivity index (χ3n) is 7.64. The Balaban J connectivity index is 2.14. The monoisotopic (exact) mass is 282 g/mol. The second kappa shape index (κ2) is 3.61. The van der Waals surface area contributed by atoms with Crippen LogP contribution in [0.1, 0.15) is 66.7 Å². The van der Waals surface area contributed by atoms with Crippen LogP contribution in [0.25, 0.3) is 0 Å². The summed E-state index contributed by atoms with van der Waals surface area (Å²) in [7, 11) is 0. The van der Waals surface area contributed by atoms with Crippen molar-refractivity contribution < 1.29 is 15.3 Å². The Morgan fingerprint density at radius 1 is 1.00 bits per heavy atom. The number of hydrogen-bond acceptors (Lipinski definition) is 3. The second-order valence-electron chi connectivity index (χ2n) is 9.10. The number of rotatable bonds is 1. The summed E-state index contributed by atoms with van der Waals surface area (Å²) in [4.78, 5) is 0. The Morgan fingerprint density at radius 3 is 2.15 bits per heavy atom. The van der Waals surface area contributed by atoms with Crippen LogP contribution in [-0.4, -0.2) is 32.6 Å². The summed E-state index contributed by atoms with van der Waals surface area (Å²) in [5, 5.41) is 33.0. The quantitative estimate of drug-likeness (QED) is 0.692. The molecule has 0 saturated heterocycles. The largest absolute Gasteiger partial charge is 0.392 e. The lowest BCUT2D eigenvalue weighted by molar-refractivity contribution is -0.109. The minimum atomic E-state index is -0.924. The molecule has 3 aliphatic rings. The fraction of sp³-hybridized carbons (Fsp3) is 1.00. The van der Waals surface area contributed by atoms with Crippen LogP contribution in [0.15, 0.2) is 0 Å². The van der Waals surface area contributed by atoms with Crippen LogP contribution in [0.5, 0.6) is 0 Å². The first-order chi connectivity index (χ1) is 8.94. The molecule has 3 saturated carbocycles. The first-order valence-corrected chi connectivity index (χ1v) is 8.07. The first-order valence-electron chi connectivity index (χ1n) is 8.07. The van der Waals surface area contributed by atoms with Crippen LogP contribution < -0.4 is 0 Å². The van der Waals surface area contributed by atoms with E-state index in [1.165, 1.54) is 0 Å². The van der Waals surface area contributed by atoms with Crippen molar-refractivity contribution in [1.82, 2.24) is 0 Å². The second-order valence-corrected chi connectivity index (χ2v) is 9.10. The van der Waals surface area contributed by atoms with E-state index in [9.17, 15) is 15.3 Å². The summed E-state index contributed by atoms with van der Waals surface area (Å²) in [5.74, 6) is 0.0806. The zero-order chi connectivity index (χ0) is 15.2. The SMILES string of the molecule is CC[C@@]1(C)C(O)CC2(O)C[C@@]3(O)CC(C)(C)CC3C21C. The zero-order valence-electron chi connectivity index (χ0n) is 13.5. The lowest BCUT2D eigenvalue weighted by Gasteiger charge is -2.49. The number of hydrogen-bond donors (Lipinski definition) is 3.